The van der Waals surface area contributed by atoms with E-state index in [0.717, 1.165) is 56.2 Å². The fourth-order valence-electron chi connectivity index (χ4n) is 3.95. The van der Waals surface area contributed by atoms with Crippen LogP contribution in [0.3, 0.4) is 0 Å². The number of nitrogens with zero attached hydrogens (tertiary/aromatic N) is 4. The second kappa shape index (κ2) is 8.25. The molecule has 0 bridgehead atoms. The highest BCUT2D eigenvalue weighted by atomic mass is 15.2. The van der Waals surface area contributed by atoms with E-state index in [9.17, 15) is 0 Å². The average Bonchev–Trinajstić information content (AvgIpc) is 2.73. The SMILES string of the molecule is CN(C)Cc1ccc2cc(-c3ccnc(N4CCC(CN)CC4)n3)ccc2c1. The Kier molecular flexibility index (Phi) is 5.55. The quantitative estimate of drug-likeness (QED) is 0.739. The van der Waals surface area contributed by atoms with Crippen LogP contribution in [0, 0.1) is 5.92 Å². The molecule has 2 heterocycles. The monoisotopic (exact) mass is 375 g/mol. The van der Waals surface area contributed by atoms with Crippen LogP contribution in [0.5, 0.6) is 0 Å². The Morgan fingerprint density at radius 1 is 1.04 bits per heavy atom. The molecule has 2 N–H and O–H groups in total. The fourth-order valence-corrected chi connectivity index (χ4v) is 3.95. The summed E-state index contributed by atoms with van der Waals surface area (Å²) in [6.07, 6.45) is 4.11. The maximum absolute atomic E-state index is 5.81. The van der Waals surface area contributed by atoms with Gasteiger partial charge in [-0.1, -0.05) is 24.3 Å². The van der Waals surface area contributed by atoms with Crippen molar-refractivity contribution in [2.45, 2.75) is 19.4 Å². The molecule has 0 saturated carbocycles. The fraction of sp³-hybridized carbons (Fsp3) is 0.391. The number of nitrogens with two attached hydrogens (primary N) is 1. The van der Waals surface area contributed by atoms with Crippen molar-refractivity contribution in [3.63, 3.8) is 0 Å². The van der Waals surface area contributed by atoms with Gasteiger partial charge in [0.05, 0.1) is 5.69 Å². The summed E-state index contributed by atoms with van der Waals surface area (Å²) in [6.45, 7) is 3.70. The van der Waals surface area contributed by atoms with Gasteiger partial charge in [-0.3, -0.25) is 0 Å². The number of hydrogen-bond donors (Lipinski definition) is 1. The molecule has 1 aliphatic rings. The van der Waals surface area contributed by atoms with E-state index in [4.69, 9.17) is 10.7 Å². The lowest BCUT2D eigenvalue weighted by molar-refractivity contribution is 0.403. The first-order valence-corrected chi connectivity index (χ1v) is 10.1. The Morgan fingerprint density at radius 3 is 2.54 bits per heavy atom. The molecule has 0 spiro atoms. The highest BCUT2D eigenvalue weighted by molar-refractivity contribution is 5.87. The summed E-state index contributed by atoms with van der Waals surface area (Å²) in [7, 11) is 4.19. The summed E-state index contributed by atoms with van der Waals surface area (Å²) >= 11 is 0. The molecular weight excluding hydrogens is 346 g/mol. The van der Waals surface area contributed by atoms with Gasteiger partial charge in [-0.15, -0.1) is 0 Å². The van der Waals surface area contributed by atoms with Gasteiger partial charge in [0.15, 0.2) is 0 Å². The van der Waals surface area contributed by atoms with Gasteiger partial charge in [0.1, 0.15) is 0 Å². The zero-order chi connectivity index (χ0) is 19.5. The second-order valence-corrected chi connectivity index (χ2v) is 8.04. The van der Waals surface area contributed by atoms with Crippen molar-refractivity contribution < 1.29 is 0 Å². The standard InChI is InChI=1S/C23H29N5/c1-27(2)16-18-3-4-20-14-21(6-5-19(20)13-18)22-7-10-25-23(26-22)28-11-8-17(15-24)9-12-28/h3-7,10,13-14,17H,8-9,11-12,15-16,24H2,1-2H3. The Balaban J connectivity index is 1.58. The number of hydrogen-bond acceptors (Lipinski definition) is 5. The highest BCUT2D eigenvalue weighted by Crippen LogP contribution is 2.26. The Hall–Kier alpha value is -2.50. The first-order chi connectivity index (χ1) is 13.6. The lowest BCUT2D eigenvalue weighted by atomic mass is 9.97. The van der Waals surface area contributed by atoms with Crippen molar-refractivity contribution in [2.75, 3.05) is 38.6 Å². The third kappa shape index (κ3) is 4.16. The van der Waals surface area contributed by atoms with Crippen LogP contribution in [0.25, 0.3) is 22.0 Å². The number of rotatable bonds is 5. The van der Waals surface area contributed by atoms with Crippen LogP contribution in [-0.2, 0) is 6.54 Å². The van der Waals surface area contributed by atoms with Crippen LogP contribution >= 0.6 is 0 Å². The molecule has 0 atom stereocenters. The molecule has 1 fully saturated rings. The van der Waals surface area contributed by atoms with Gasteiger partial charge in [0.25, 0.3) is 0 Å². The van der Waals surface area contributed by atoms with E-state index in [1.165, 1.54) is 16.3 Å². The lowest BCUT2D eigenvalue weighted by Gasteiger charge is -2.31. The minimum Gasteiger partial charge on any atom is -0.341 e. The predicted molar refractivity (Wildman–Crippen MR) is 116 cm³/mol. The molecule has 1 aliphatic heterocycles. The molecule has 3 aromatic rings. The number of anilines is 1. The molecule has 28 heavy (non-hydrogen) atoms. The maximum Gasteiger partial charge on any atom is 0.225 e. The van der Waals surface area contributed by atoms with Gasteiger partial charge in [0, 0.05) is 31.4 Å². The molecule has 2 aromatic carbocycles. The molecule has 0 radical (unpaired) electrons. The van der Waals surface area contributed by atoms with E-state index < -0.39 is 0 Å². The van der Waals surface area contributed by atoms with Crippen molar-refractivity contribution >= 4 is 16.7 Å². The molecule has 1 aromatic heterocycles. The van der Waals surface area contributed by atoms with Gasteiger partial charge in [-0.05, 0) is 73.9 Å². The first kappa shape index (κ1) is 18.8. The van der Waals surface area contributed by atoms with E-state index in [1.807, 2.05) is 12.3 Å². The molecular formula is C23H29N5. The summed E-state index contributed by atoms with van der Waals surface area (Å²) in [5.74, 6) is 1.46. The van der Waals surface area contributed by atoms with Crippen molar-refractivity contribution in [2.24, 2.45) is 11.7 Å². The van der Waals surface area contributed by atoms with Crippen LogP contribution in [0.1, 0.15) is 18.4 Å². The third-order valence-corrected chi connectivity index (χ3v) is 5.57. The van der Waals surface area contributed by atoms with Gasteiger partial charge in [0.2, 0.25) is 5.95 Å². The third-order valence-electron chi connectivity index (χ3n) is 5.57. The number of fused-ring (bicyclic) bond motifs is 1. The Labute approximate surface area is 167 Å². The first-order valence-electron chi connectivity index (χ1n) is 10.1. The summed E-state index contributed by atoms with van der Waals surface area (Å²) in [6, 6.07) is 15.3. The minimum atomic E-state index is 0.636. The van der Waals surface area contributed by atoms with Crippen molar-refractivity contribution in [1.29, 1.82) is 0 Å². The molecule has 0 amide bonds. The second-order valence-electron chi connectivity index (χ2n) is 8.04. The van der Waals surface area contributed by atoms with E-state index in [2.05, 4.69) is 65.3 Å². The number of aromatic nitrogens is 2. The van der Waals surface area contributed by atoms with Crippen LogP contribution in [0.4, 0.5) is 5.95 Å². The summed E-state index contributed by atoms with van der Waals surface area (Å²) in [5.41, 5.74) is 9.25. The van der Waals surface area contributed by atoms with Crippen molar-refractivity contribution in [3.05, 3.63) is 54.2 Å². The molecule has 5 heteroatoms. The normalized spacial score (nSPS) is 15.5. The van der Waals surface area contributed by atoms with Gasteiger partial charge >= 0.3 is 0 Å². The van der Waals surface area contributed by atoms with E-state index in [-0.39, 0.29) is 0 Å². The topological polar surface area (TPSA) is 58.3 Å². The largest absolute Gasteiger partial charge is 0.341 e. The highest BCUT2D eigenvalue weighted by Gasteiger charge is 2.20. The smallest absolute Gasteiger partial charge is 0.225 e. The van der Waals surface area contributed by atoms with E-state index in [0.29, 0.717) is 5.92 Å². The molecule has 146 valence electrons. The minimum absolute atomic E-state index is 0.636. The molecule has 4 rings (SSSR count). The summed E-state index contributed by atoms with van der Waals surface area (Å²) < 4.78 is 0. The predicted octanol–water partition coefficient (Wildman–Crippen LogP) is 3.53. The summed E-state index contributed by atoms with van der Waals surface area (Å²) in [5, 5.41) is 2.50. The van der Waals surface area contributed by atoms with Crippen LogP contribution in [0.2, 0.25) is 0 Å². The summed E-state index contributed by atoms with van der Waals surface area (Å²) in [4.78, 5) is 13.8. The van der Waals surface area contributed by atoms with Crippen LogP contribution < -0.4 is 10.6 Å². The molecule has 1 saturated heterocycles. The van der Waals surface area contributed by atoms with E-state index in [1.54, 1.807) is 0 Å². The van der Waals surface area contributed by atoms with E-state index >= 15 is 0 Å². The van der Waals surface area contributed by atoms with Crippen molar-refractivity contribution in [1.82, 2.24) is 14.9 Å². The lowest BCUT2D eigenvalue weighted by Crippen LogP contribution is -2.37. The Bertz CT molecular complexity index is 945. The van der Waals surface area contributed by atoms with Gasteiger partial charge in [-0.2, -0.15) is 0 Å². The van der Waals surface area contributed by atoms with Crippen LogP contribution in [-0.4, -0.2) is 48.6 Å². The Morgan fingerprint density at radius 2 is 1.79 bits per heavy atom. The van der Waals surface area contributed by atoms with Crippen LogP contribution in [0.15, 0.2) is 48.7 Å². The number of piperidine rings is 1. The van der Waals surface area contributed by atoms with Crippen molar-refractivity contribution in [3.8, 4) is 11.3 Å². The van der Waals surface area contributed by atoms with Gasteiger partial charge in [-0.25, -0.2) is 9.97 Å². The number of benzene rings is 2. The maximum atomic E-state index is 5.81. The zero-order valence-electron chi connectivity index (χ0n) is 16.8. The zero-order valence-corrected chi connectivity index (χ0v) is 16.8. The molecule has 0 unspecified atom stereocenters. The molecule has 5 nitrogen and oxygen atoms in total. The average molecular weight is 376 g/mol. The van der Waals surface area contributed by atoms with Gasteiger partial charge < -0.3 is 15.5 Å². The molecule has 0 aliphatic carbocycles.